The van der Waals surface area contributed by atoms with E-state index in [1.54, 1.807) is 11.8 Å². The molecule has 0 radical (unpaired) electrons. The van der Waals surface area contributed by atoms with Crippen molar-refractivity contribution in [2.75, 3.05) is 11.5 Å². The Labute approximate surface area is 141 Å². The Hall–Kier alpha value is -1.02. The molecule has 1 aromatic carbocycles. The monoisotopic (exact) mass is 411 g/mol. The average molecular weight is 411 g/mol. The molecule has 2 aliphatic rings. The van der Waals surface area contributed by atoms with E-state index in [1.165, 1.54) is 17.7 Å². The average Bonchev–Trinajstić information content (AvgIpc) is 3.34. The maximum atomic E-state index is 6.07. The maximum Gasteiger partial charge on any atom is 0.172 e. The number of aromatic nitrogens is 2. The number of thioether (sulfide) groups is 1. The quantitative estimate of drug-likeness (QED) is 0.763. The van der Waals surface area contributed by atoms with Crippen molar-refractivity contribution in [3.05, 3.63) is 39.4 Å². The van der Waals surface area contributed by atoms with E-state index in [-0.39, 0.29) is 6.10 Å². The molecule has 2 N–H and O–H groups in total. The zero-order chi connectivity index (χ0) is 14.4. The van der Waals surface area contributed by atoms with Crippen LogP contribution < -0.4 is 10.5 Å². The van der Waals surface area contributed by atoms with Crippen molar-refractivity contribution in [3.8, 4) is 5.75 Å². The van der Waals surface area contributed by atoms with Gasteiger partial charge in [0, 0.05) is 16.6 Å². The first-order valence-corrected chi connectivity index (χ1v) is 9.00. The van der Waals surface area contributed by atoms with Crippen LogP contribution in [0.3, 0.4) is 0 Å². The molecule has 108 valence electrons. The van der Waals surface area contributed by atoms with Crippen LogP contribution in [0.1, 0.15) is 36.4 Å². The van der Waals surface area contributed by atoms with Crippen LogP contribution >= 0.6 is 34.4 Å². The third-order valence-electron chi connectivity index (χ3n) is 3.68. The molecule has 1 aliphatic heterocycles. The van der Waals surface area contributed by atoms with Gasteiger partial charge in [-0.3, -0.25) is 0 Å². The lowest BCUT2D eigenvalue weighted by Crippen LogP contribution is -2.19. The molecule has 1 atom stereocenters. The van der Waals surface area contributed by atoms with E-state index in [9.17, 15) is 0 Å². The molecule has 4 rings (SSSR count). The lowest BCUT2D eigenvalue weighted by atomic mass is 10.2. The summed E-state index contributed by atoms with van der Waals surface area (Å²) in [5.74, 6) is 3.59. The number of nitrogens with two attached hydrogens (primary N) is 1. The first-order chi connectivity index (χ1) is 10.2. The second-order valence-electron chi connectivity index (χ2n) is 5.30. The lowest BCUT2D eigenvalue weighted by Gasteiger charge is -2.25. The summed E-state index contributed by atoms with van der Waals surface area (Å²) in [6, 6.07) is 8.09. The lowest BCUT2D eigenvalue weighted by molar-refractivity contribution is 0.210. The maximum absolute atomic E-state index is 6.07. The molecule has 21 heavy (non-hydrogen) atoms. The Kier molecular flexibility index (Phi) is 3.45. The minimum atomic E-state index is -0.123. The highest BCUT2D eigenvalue weighted by Gasteiger charge is 2.31. The normalized spacial score (nSPS) is 20.7. The molecule has 6 heteroatoms. The third-order valence-corrected chi connectivity index (χ3v) is 5.90. The van der Waals surface area contributed by atoms with Gasteiger partial charge < -0.3 is 10.5 Å². The molecule has 1 aliphatic carbocycles. The number of anilines is 1. The molecule has 0 spiro atoms. The smallest absolute Gasteiger partial charge is 0.172 e. The summed E-state index contributed by atoms with van der Waals surface area (Å²) in [4.78, 5) is 10.4. The number of hydrogen-bond acceptors (Lipinski definition) is 5. The summed E-state index contributed by atoms with van der Waals surface area (Å²) in [5.41, 5.74) is 7.17. The van der Waals surface area contributed by atoms with Crippen molar-refractivity contribution in [2.24, 2.45) is 0 Å². The van der Waals surface area contributed by atoms with E-state index < -0.39 is 0 Å². The predicted octanol–water partition coefficient (Wildman–Crippen LogP) is 3.77. The Morgan fingerprint density at radius 3 is 2.86 bits per heavy atom. The van der Waals surface area contributed by atoms with Crippen molar-refractivity contribution in [1.29, 1.82) is 0 Å². The number of fused-ring (bicyclic) bond motifs is 1. The largest absolute Gasteiger partial charge is 0.480 e. The van der Waals surface area contributed by atoms with Crippen molar-refractivity contribution >= 4 is 40.2 Å². The summed E-state index contributed by atoms with van der Waals surface area (Å²) >= 11 is 4.04. The summed E-state index contributed by atoms with van der Waals surface area (Å²) in [6.07, 6.45) is 2.28. The van der Waals surface area contributed by atoms with Crippen LogP contribution in [0.5, 0.6) is 5.75 Å². The second kappa shape index (κ2) is 5.31. The molecular formula is C15H14IN3OS. The van der Waals surface area contributed by atoms with Gasteiger partial charge in [0.25, 0.3) is 0 Å². The fourth-order valence-electron chi connectivity index (χ4n) is 2.42. The zero-order valence-corrected chi connectivity index (χ0v) is 14.2. The van der Waals surface area contributed by atoms with Crippen LogP contribution in [-0.2, 0) is 0 Å². The van der Waals surface area contributed by atoms with Gasteiger partial charge in [-0.15, -0.1) is 11.8 Å². The van der Waals surface area contributed by atoms with Crippen LogP contribution in [-0.4, -0.2) is 15.7 Å². The first-order valence-electron chi connectivity index (χ1n) is 6.93. The SMILES string of the molecule is Nc1nc(C2CSc3ccccc3O2)nc(C2CC2)c1I. The molecule has 0 amide bonds. The van der Waals surface area contributed by atoms with Gasteiger partial charge in [0.1, 0.15) is 11.6 Å². The molecule has 2 heterocycles. The van der Waals surface area contributed by atoms with Crippen molar-refractivity contribution in [2.45, 2.75) is 29.8 Å². The number of benzene rings is 1. The van der Waals surface area contributed by atoms with E-state index in [0.29, 0.717) is 11.7 Å². The molecule has 1 unspecified atom stereocenters. The van der Waals surface area contributed by atoms with Gasteiger partial charge in [0.05, 0.1) is 9.26 Å². The van der Waals surface area contributed by atoms with Gasteiger partial charge in [0.15, 0.2) is 11.9 Å². The summed E-state index contributed by atoms with van der Waals surface area (Å²) in [5, 5.41) is 0. The standard InChI is InChI=1S/C15H14IN3OS/c16-12-13(8-5-6-8)18-15(19-14(12)17)10-7-21-11-4-2-1-3-9(11)20-10/h1-4,8,10H,5-7H2,(H2,17,18,19). The van der Waals surface area contributed by atoms with Gasteiger partial charge >= 0.3 is 0 Å². The first kappa shape index (κ1) is 13.6. The van der Waals surface area contributed by atoms with Gasteiger partial charge in [0.2, 0.25) is 0 Å². The summed E-state index contributed by atoms with van der Waals surface area (Å²) in [6.45, 7) is 0. The van der Waals surface area contributed by atoms with E-state index >= 15 is 0 Å². The van der Waals surface area contributed by atoms with E-state index in [1.807, 2.05) is 18.2 Å². The highest BCUT2D eigenvalue weighted by atomic mass is 127. The van der Waals surface area contributed by atoms with Crippen molar-refractivity contribution < 1.29 is 4.74 Å². The van der Waals surface area contributed by atoms with Crippen LogP contribution in [0.4, 0.5) is 5.82 Å². The fourth-order valence-corrected chi connectivity index (χ4v) is 4.08. The highest BCUT2D eigenvalue weighted by Crippen LogP contribution is 2.44. The Morgan fingerprint density at radius 1 is 1.24 bits per heavy atom. The summed E-state index contributed by atoms with van der Waals surface area (Å²) < 4.78 is 7.07. The van der Waals surface area contributed by atoms with E-state index in [4.69, 9.17) is 15.5 Å². The minimum absolute atomic E-state index is 0.123. The molecule has 1 fully saturated rings. The molecule has 1 aromatic heterocycles. The Bertz CT molecular complexity index is 705. The van der Waals surface area contributed by atoms with Crippen LogP contribution in [0.2, 0.25) is 0 Å². The molecule has 0 saturated heterocycles. The fraction of sp³-hybridized carbons (Fsp3) is 0.333. The van der Waals surface area contributed by atoms with Crippen molar-refractivity contribution in [3.63, 3.8) is 0 Å². The molecule has 1 saturated carbocycles. The number of ether oxygens (including phenoxy) is 1. The van der Waals surface area contributed by atoms with Crippen molar-refractivity contribution in [1.82, 2.24) is 9.97 Å². The highest BCUT2D eigenvalue weighted by molar-refractivity contribution is 14.1. The van der Waals surface area contributed by atoms with Crippen LogP contribution in [0, 0.1) is 3.57 Å². The number of nitrogen functional groups attached to an aromatic ring is 1. The van der Waals surface area contributed by atoms with E-state index in [0.717, 1.165) is 26.6 Å². The number of halogens is 1. The number of para-hydroxylation sites is 1. The Morgan fingerprint density at radius 2 is 2.05 bits per heavy atom. The number of nitrogens with zero attached hydrogens (tertiary/aromatic N) is 2. The molecular weight excluding hydrogens is 397 g/mol. The predicted molar refractivity (Wildman–Crippen MR) is 91.7 cm³/mol. The topological polar surface area (TPSA) is 61.0 Å². The van der Waals surface area contributed by atoms with Crippen LogP contribution in [0.25, 0.3) is 0 Å². The van der Waals surface area contributed by atoms with E-state index in [2.05, 4.69) is 33.6 Å². The molecule has 4 nitrogen and oxygen atoms in total. The number of hydrogen-bond donors (Lipinski definition) is 1. The zero-order valence-electron chi connectivity index (χ0n) is 11.3. The number of rotatable bonds is 2. The van der Waals surface area contributed by atoms with Gasteiger partial charge in [-0.25, -0.2) is 9.97 Å². The van der Waals surface area contributed by atoms with Crippen LogP contribution in [0.15, 0.2) is 29.2 Å². The molecule has 2 aromatic rings. The minimum Gasteiger partial charge on any atom is -0.480 e. The third kappa shape index (κ3) is 2.59. The summed E-state index contributed by atoms with van der Waals surface area (Å²) in [7, 11) is 0. The van der Waals surface area contributed by atoms with Gasteiger partial charge in [-0.2, -0.15) is 0 Å². The second-order valence-corrected chi connectivity index (χ2v) is 7.45. The van der Waals surface area contributed by atoms with Gasteiger partial charge in [-0.1, -0.05) is 12.1 Å². The van der Waals surface area contributed by atoms with Gasteiger partial charge in [-0.05, 0) is 47.6 Å². The molecule has 0 bridgehead atoms. The Balaban J connectivity index is 1.68.